The van der Waals surface area contributed by atoms with Crippen molar-refractivity contribution in [1.82, 2.24) is 9.97 Å². The Labute approximate surface area is 137 Å². The molecule has 6 heteroatoms. The number of anilines is 1. The minimum absolute atomic E-state index is 0.0525. The predicted molar refractivity (Wildman–Crippen MR) is 89.6 cm³/mol. The molecule has 1 aromatic carbocycles. The topological polar surface area (TPSA) is 119 Å². The van der Waals surface area contributed by atoms with E-state index in [1.54, 1.807) is 30.6 Å². The number of nitriles is 2. The summed E-state index contributed by atoms with van der Waals surface area (Å²) in [7, 11) is 0. The first-order chi connectivity index (χ1) is 11.7. The van der Waals surface area contributed by atoms with Crippen LogP contribution in [0, 0.1) is 22.7 Å². The molecule has 0 aliphatic heterocycles. The lowest BCUT2D eigenvalue weighted by Gasteiger charge is -2.10. The Hall–Kier alpha value is -3.90. The zero-order valence-corrected chi connectivity index (χ0v) is 12.4. The summed E-state index contributed by atoms with van der Waals surface area (Å²) in [5.41, 5.74) is 7.62. The molecule has 0 aliphatic rings. The second-order valence-corrected chi connectivity index (χ2v) is 5.04. The van der Waals surface area contributed by atoms with E-state index in [4.69, 9.17) is 5.73 Å². The molecular weight excluding hydrogens is 302 g/mol. The molecule has 0 aliphatic carbocycles. The lowest BCUT2D eigenvalue weighted by Crippen LogP contribution is -2.16. The summed E-state index contributed by atoms with van der Waals surface area (Å²) in [6.07, 6.45) is 3.38. The number of aromatic nitrogens is 2. The average molecular weight is 313 g/mol. The number of rotatable bonds is 2. The van der Waals surface area contributed by atoms with Gasteiger partial charge >= 0.3 is 0 Å². The van der Waals surface area contributed by atoms with E-state index in [-0.39, 0.29) is 22.5 Å². The molecular formula is C18H11N5O. The van der Waals surface area contributed by atoms with E-state index in [0.717, 1.165) is 11.1 Å². The van der Waals surface area contributed by atoms with Crippen LogP contribution in [-0.4, -0.2) is 9.97 Å². The van der Waals surface area contributed by atoms with E-state index in [9.17, 15) is 15.3 Å². The highest BCUT2D eigenvalue weighted by Crippen LogP contribution is 2.31. The number of H-pyrrole nitrogens is 1. The number of nitrogens with two attached hydrogens (primary N) is 1. The Morgan fingerprint density at radius 3 is 2.38 bits per heavy atom. The number of aromatic amines is 1. The van der Waals surface area contributed by atoms with E-state index >= 15 is 0 Å². The van der Waals surface area contributed by atoms with E-state index < -0.39 is 5.56 Å². The fourth-order valence-corrected chi connectivity index (χ4v) is 2.52. The summed E-state index contributed by atoms with van der Waals surface area (Å²) in [6.45, 7) is 0. The van der Waals surface area contributed by atoms with Crippen LogP contribution in [0.25, 0.3) is 22.3 Å². The molecule has 24 heavy (non-hydrogen) atoms. The van der Waals surface area contributed by atoms with Gasteiger partial charge in [0.05, 0.1) is 0 Å². The maximum Gasteiger partial charge on any atom is 0.268 e. The van der Waals surface area contributed by atoms with Gasteiger partial charge in [-0.1, -0.05) is 24.3 Å². The smallest absolute Gasteiger partial charge is 0.268 e. The third kappa shape index (κ3) is 2.49. The largest absolute Gasteiger partial charge is 0.384 e. The minimum atomic E-state index is -0.615. The van der Waals surface area contributed by atoms with Crippen molar-refractivity contribution in [3.63, 3.8) is 0 Å². The van der Waals surface area contributed by atoms with Crippen molar-refractivity contribution in [2.45, 2.75) is 0 Å². The first-order valence-corrected chi connectivity index (χ1v) is 7.02. The molecule has 0 amide bonds. The fourth-order valence-electron chi connectivity index (χ4n) is 2.52. The van der Waals surface area contributed by atoms with Crippen LogP contribution in [-0.2, 0) is 0 Å². The summed E-state index contributed by atoms with van der Waals surface area (Å²) >= 11 is 0. The second-order valence-electron chi connectivity index (χ2n) is 5.04. The molecule has 0 spiro atoms. The SMILES string of the molecule is N#Cc1c(N)[nH]c(=O)c(C#N)c1-c1cccc(-c2cccnc2)c1. The molecule has 0 atom stereocenters. The van der Waals surface area contributed by atoms with Crippen LogP contribution in [0.3, 0.4) is 0 Å². The van der Waals surface area contributed by atoms with Crippen molar-refractivity contribution in [1.29, 1.82) is 10.5 Å². The molecule has 6 nitrogen and oxygen atoms in total. The second kappa shape index (κ2) is 6.07. The Bertz CT molecular complexity index is 1060. The van der Waals surface area contributed by atoms with Crippen molar-refractivity contribution >= 4 is 5.82 Å². The van der Waals surface area contributed by atoms with Crippen LogP contribution in [0.1, 0.15) is 11.1 Å². The van der Waals surface area contributed by atoms with E-state index in [0.29, 0.717) is 5.56 Å². The van der Waals surface area contributed by atoms with Crippen molar-refractivity contribution in [3.8, 4) is 34.4 Å². The first-order valence-electron chi connectivity index (χ1n) is 7.02. The summed E-state index contributed by atoms with van der Waals surface area (Å²) in [6, 6.07) is 14.7. The molecule has 3 aromatic rings. The van der Waals surface area contributed by atoms with Gasteiger partial charge in [-0.2, -0.15) is 10.5 Å². The number of benzene rings is 1. The molecule has 114 valence electrons. The van der Waals surface area contributed by atoms with Crippen LogP contribution >= 0.6 is 0 Å². The van der Waals surface area contributed by atoms with Crippen LogP contribution in [0.4, 0.5) is 5.82 Å². The molecule has 0 fully saturated rings. The van der Waals surface area contributed by atoms with Crippen LogP contribution in [0.5, 0.6) is 0 Å². The standard InChI is InChI=1S/C18H11N5O/c19-8-14-16(15(9-20)18(24)23-17(14)21)12-4-1-3-11(7-12)13-5-2-6-22-10-13/h1-7,10H,(H3,21,23,24). The van der Waals surface area contributed by atoms with Gasteiger partial charge in [0.25, 0.3) is 5.56 Å². The monoisotopic (exact) mass is 313 g/mol. The highest BCUT2D eigenvalue weighted by atomic mass is 16.1. The van der Waals surface area contributed by atoms with Crippen LogP contribution < -0.4 is 11.3 Å². The van der Waals surface area contributed by atoms with Gasteiger partial charge < -0.3 is 10.7 Å². The first kappa shape index (κ1) is 15.0. The van der Waals surface area contributed by atoms with Crippen molar-refractivity contribution in [3.05, 3.63) is 70.3 Å². The molecule has 0 bridgehead atoms. The number of nitrogens with zero attached hydrogens (tertiary/aromatic N) is 3. The van der Waals surface area contributed by atoms with E-state index in [1.807, 2.05) is 30.3 Å². The van der Waals surface area contributed by atoms with E-state index in [2.05, 4.69) is 9.97 Å². The van der Waals surface area contributed by atoms with Gasteiger partial charge in [0.2, 0.25) is 0 Å². The third-order valence-corrected chi connectivity index (χ3v) is 3.61. The molecule has 0 saturated heterocycles. The summed E-state index contributed by atoms with van der Waals surface area (Å²) in [4.78, 5) is 18.4. The number of nitrogens with one attached hydrogen (secondary N) is 1. The number of pyridine rings is 2. The maximum atomic E-state index is 12.0. The Morgan fingerprint density at radius 1 is 1.00 bits per heavy atom. The molecule has 3 rings (SSSR count). The minimum Gasteiger partial charge on any atom is -0.384 e. The highest BCUT2D eigenvalue weighted by molar-refractivity contribution is 5.82. The van der Waals surface area contributed by atoms with Gasteiger partial charge in [-0.25, -0.2) is 0 Å². The molecule has 0 unspecified atom stereocenters. The summed E-state index contributed by atoms with van der Waals surface area (Å²) in [5.74, 6) is -0.0525. The van der Waals surface area contributed by atoms with Crippen LogP contribution in [0.15, 0.2) is 53.6 Å². The van der Waals surface area contributed by atoms with E-state index in [1.165, 1.54) is 0 Å². The van der Waals surface area contributed by atoms with Gasteiger partial charge in [-0.15, -0.1) is 0 Å². The number of nitrogen functional groups attached to an aromatic ring is 1. The highest BCUT2D eigenvalue weighted by Gasteiger charge is 2.18. The van der Waals surface area contributed by atoms with Crippen molar-refractivity contribution < 1.29 is 0 Å². The van der Waals surface area contributed by atoms with Gasteiger partial charge in [-0.05, 0) is 23.3 Å². The number of hydrogen-bond acceptors (Lipinski definition) is 5. The van der Waals surface area contributed by atoms with Gasteiger partial charge in [0.15, 0.2) is 0 Å². The normalized spacial score (nSPS) is 9.92. The van der Waals surface area contributed by atoms with Gasteiger partial charge in [-0.3, -0.25) is 9.78 Å². The lowest BCUT2D eigenvalue weighted by molar-refractivity contribution is 1.21. The predicted octanol–water partition coefficient (Wildman–Crippen LogP) is 2.43. The van der Waals surface area contributed by atoms with Crippen molar-refractivity contribution in [2.75, 3.05) is 5.73 Å². The van der Waals surface area contributed by atoms with Crippen LogP contribution in [0.2, 0.25) is 0 Å². The lowest BCUT2D eigenvalue weighted by atomic mass is 9.94. The molecule has 2 heterocycles. The Balaban J connectivity index is 2.30. The zero-order valence-electron chi connectivity index (χ0n) is 12.4. The third-order valence-electron chi connectivity index (χ3n) is 3.61. The molecule has 0 saturated carbocycles. The molecule has 3 N–H and O–H groups in total. The Kier molecular flexibility index (Phi) is 3.80. The number of hydrogen-bond donors (Lipinski definition) is 2. The zero-order chi connectivity index (χ0) is 17.1. The molecule has 0 radical (unpaired) electrons. The average Bonchev–Trinajstić information content (AvgIpc) is 2.62. The fraction of sp³-hybridized carbons (Fsp3) is 0. The van der Waals surface area contributed by atoms with Gasteiger partial charge in [0, 0.05) is 23.5 Å². The van der Waals surface area contributed by atoms with Crippen molar-refractivity contribution in [2.24, 2.45) is 0 Å². The summed E-state index contributed by atoms with van der Waals surface area (Å²) in [5, 5.41) is 18.7. The maximum absolute atomic E-state index is 12.0. The molecule has 2 aromatic heterocycles. The van der Waals surface area contributed by atoms with Gasteiger partial charge in [0.1, 0.15) is 29.1 Å². The Morgan fingerprint density at radius 2 is 1.71 bits per heavy atom. The summed E-state index contributed by atoms with van der Waals surface area (Å²) < 4.78 is 0. The quantitative estimate of drug-likeness (QED) is 0.753.